The number of rotatable bonds is 5. The van der Waals surface area contributed by atoms with Gasteiger partial charge < -0.3 is 15.3 Å². The second-order valence-corrected chi connectivity index (χ2v) is 7.12. The Labute approximate surface area is 97.7 Å². The van der Waals surface area contributed by atoms with Gasteiger partial charge in [0.25, 0.3) is 0 Å². The summed E-state index contributed by atoms with van der Waals surface area (Å²) < 4.78 is 22.6. The van der Waals surface area contributed by atoms with Crippen molar-refractivity contribution in [1.82, 2.24) is 10.2 Å². The van der Waals surface area contributed by atoms with E-state index < -0.39 is 9.84 Å². The minimum Gasteiger partial charge on any atom is -0.394 e. The van der Waals surface area contributed by atoms with E-state index in [1.54, 1.807) is 0 Å². The molecule has 6 heteroatoms. The Bertz CT molecular complexity index is 300. The van der Waals surface area contributed by atoms with Crippen LogP contribution >= 0.6 is 0 Å². The highest BCUT2D eigenvalue weighted by atomic mass is 32.2. The summed E-state index contributed by atoms with van der Waals surface area (Å²) in [7, 11) is 1.10. The lowest BCUT2D eigenvalue weighted by Gasteiger charge is -2.36. The lowest BCUT2D eigenvalue weighted by atomic mass is 9.93. The molecule has 0 radical (unpaired) electrons. The zero-order chi connectivity index (χ0) is 12.2. The number of hydrogen-bond acceptors (Lipinski definition) is 5. The van der Waals surface area contributed by atoms with Gasteiger partial charge in [0.2, 0.25) is 0 Å². The Morgan fingerprint density at radius 2 is 1.88 bits per heavy atom. The van der Waals surface area contributed by atoms with E-state index in [0.717, 1.165) is 13.1 Å². The van der Waals surface area contributed by atoms with Crippen molar-refractivity contribution in [3.8, 4) is 0 Å². The molecule has 0 saturated carbocycles. The molecule has 0 bridgehead atoms. The molecule has 1 aliphatic heterocycles. The number of aliphatic hydroxyl groups is 1. The quantitative estimate of drug-likeness (QED) is 0.660. The Morgan fingerprint density at radius 3 is 2.31 bits per heavy atom. The van der Waals surface area contributed by atoms with Gasteiger partial charge in [-0.1, -0.05) is 0 Å². The summed E-state index contributed by atoms with van der Waals surface area (Å²) in [6, 6.07) is 0. The van der Waals surface area contributed by atoms with Crippen LogP contribution in [0.5, 0.6) is 0 Å². The lowest BCUT2D eigenvalue weighted by Crippen LogP contribution is -2.54. The first-order valence-electron chi connectivity index (χ1n) is 5.60. The summed E-state index contributed by atoms with van der Waals surface area (Å²) in [5.41, 5.74) is -0.388. The van der Waals surface area contributed by atoms with Crippen LogP contribution in [-0.4, -0.2) is 69.3 Å². The highest BCUT2D eigenvalue weighted by Crippen LogP contribution is 2.23. The summed E-state index contributed by atoms with van der Waals surface area (Å²) in [5.74, 6) is 0.366. The number of nitrogens with one attached hydrogen (secondary N) is 1. The van der Waals surface area contributed by atoms with Crippen molar-refractivity contribution < 1.29 is 13.5 Å². The van der Waals surface area contributed by atoms with Crippen molar-refractivity contribution in [2.45, 2.75) is 18.4 Å². The van der Waals surface area contributed by atoms with E-state index in [1.807, 2.05) is 14.1 Å². The number of hydrogen-bond donors (Lipinski definition) is 2. The highest BCUT2D eigenvalue weighted by molar-refractivity contribution is 7.91. The fourth-order valence-electron chi connectivity index (χ4n) is 1.86. The zero-order valence-electron chi connectivity index (χ0n) is 10.1. The molecule has 0 aromatic carbocycles. The molecule has 0 unspecified atom stereocenters. The second-order valence-electron chi connectivity index (χ2n) is 4.82. The Balaban J connectivity index is 2.46. The first-order valence-corrected chi connectivity index (χ1v) is 7.42. The smallest absolute Gasteiger partial charge is 0.150 e. The van der Waals surface area contributed by atoms with Gasteiger partial charge in [-0.05, 0) is 26.9 Å². The van der Waals surface area contributed by atoms with Gasteiger partial charge in [0, 0.05) is 18.6 Å². The van der Waals surface area contributed by atoms with Gasteiger partial charge in [0.15, 0.2) is 0 Å². The third kappa shape index (κ3) is 4.01. The van der Waals surface area contributed by atoms with Crippen LogP contribution < -0.4 is 5.32 Å². The minimum atomic E-state index is -2.87. The molecule has 1 aliphatic rings. The largest absolute Gasteiger partial charge is 0.394 e. The Morgan fingerprint density at radius 1 is 1.31 bits per heavy atom. The average molecular weight is 250 g/mol. The molecule has 0 aromatic rings. The first kappa shape index (κ1) is 13.9. The number of aliphatic hydroxyl groups excluding tert-OH is 1. The highest BCUT2D eigenvalue weighted by Gasteiger charge is 2.36. The molecule has 0 aromatic heterocycles. The van der Waals surface area contributed by atoms with E-state index in [4.69, 9.17) is 0 Å². The van der Waals surface area contributed by atoms with E-state index in [1.165, 1.54) is 0 Å². The first-order chi connectivity index (χ1) is 7.39. The monoisotopic (exact) mass is 250 g/mol. The summed E-state index contributed by atoms with van der Waals surface area (Å²) >= 11 is 0. The normalized spacial score (nSPS) is 23.5. The van der Waals surface area contributed by atoms with Crippen LogP contribution in [-0.2, 0) is 9.84 Å². The Hall–Kier alpha value is -0.170. The van der Waals surface area contributed by atoms with Crippen molar-refractivity contribution in [3.63, 3.8) is 0 Å². The summed E-state index contributed by atoms with van der Waals surface area (Å²) in [5, 5.41) is 12.7. The molecule has 96 valence electrons. The van der Waals surface area contributed by atoms with Gasteiger partial charge >= 0.3 is 0 Å². The molecule has 1 fully saturated rings. The van der Waals surface area contributed by atoms with Crippen LogP contribution in [0.25, 0.3) is 0 Å². The topological polar surface area (TPSA) is 69.6 Å². The SMILES string of the molecule is CN(C)CCNC1(CO)CCS(=O)(=O)CC1. The van der Waals surface area contributed by atoms with Gasteiger partial charge in [-0.25, -0.2) is 8.42 Å². The molecule has 1 rings (SSSR count). The third-order valence-electron chi connectivity index (χ3n) is 3.14. The molecule has 0 aliphatic carbocycles. The molecule has 2 N–H and O–H groups in total. The number of nitrogens with zero attached hydrogens (tertiary/aromatic N) is 1. The molecular weight excluding hydrogens is 228 g/mol. The summed E-state index contributed by atoms with van der Waals surface area (Å²) in [4.78, 5) is 2.05. The van der Waals surface area contributed by atoms with E-state index in [-0.39, 0.29) is 23.7 Å². The van der Waals surface area contributed by atoms with Crippen LogP contribution in [0.15, 0.2) is 0 Å². The molecule has 0 atom stereocenters. The fraction of sp³-hybridized carbons (Fsp3) is 1.00. The van der Waals surface area contributed by atoms with Crippen molar-refractivity contribution in [3.05, 3.63) is 0 Å². The summed E-state index contributed by atoms with van der Waals surface area (Å²) in [6.45, 7) is 1.66. The van der Waals surface area contributed by atoms with Gasteiger partial charge in [0.1, 0.15) is 9.84 Å². The van der Waals surface area contributed by atoms with Crippen LogP contribution in [0.4, 0.5) is 0 Å². The average Bonchev–Trinajstić information content (AvgIpc) is 2.21. The van der Waals surface area contributed by atoms with Gasteiger partial charge in [-0.3, -0.25) is 0 Å². The maximum Gasteiger partial charge on any atom is 0.150 e. The van der Waals surface area contributed by atoms with E-state index >= 15 is 0 Å². The molecular formula is C10H22N2O3S. The second kappa shape index (κ2) is 5.44. The fourth-order valence-corrected chi connectivity index (χ4v) is 3.47. The molecule has 0 amide bonds. The van der Waals surface area contributed by atoms with Gasteiger partial charge in [-0.2, -0.15) is 0 Å². The van der Waals surface area contributed by atoms with Crippen LogP contribution in [0.1, 0.15) is 12.8 Å². The van der Waals surface area contributed by atoms with Crippen LogP contribution in [0.3, 0.4) is 0 Å². The standard InChI is InChI=1S/C10H22N2O3S/c1-12(2)6-5-11-10(9-13)3-7-16(14,15)8-4-10/h11,13H,3-9H2,1-2H3. The third-order valence-corrected chi connectivity index (χ3v) is 4.80. The molecule has 1 saturated heterocycles. The Kier molecular flexibility index (Phi) is 4.73. The predicted octanol–water partition coefficient (Wildman–Crippen LogP) is -0.923. The number of sulfone groups is 1. The molecule has 0 spiro atoms. The van der Waals surface area contributed by atoms with E-state index in [0.29, 0.717) is 12.8 Å². The zero-order valence-corrected chi connectivity index (χ0v) is 10.9. The van der Waals surface area contributed by atoms with E-state index in [2.05, 4.69) is 10.2 Å². The van der Waals surface area contributed by atoms with Crippen LogP contribution in [0, 0.1) is 0 Å². The summed E-state index contributed by atoms with van der Waals surface area (Å²) in [6.07, 6.45) is 1.03. The van der Waals surface area contributed by atoms with Crippen molar-refractivity contribution in [2.75, 3.05) is 45.3 Å². The maximum atomic E-state index is 11.3. The van der Waals surface area contributed by atoms with Crippen molar-refractivity contribution >= 4 is 9.84 Å². The lowest BCUT2D eigenvalue weighted by molar-refractivity contribution is 0.146. The maximum absolute atomic E-state index is 11.3. The van der Waals surface area contributed by atoms with Crippen LogP contribution in [0.2, 0.25) is 0 Å². The molecule has 5 nitrogen and oxygen atoms in total. The van der Waals surface area contributed by atoms with Gasteiger partial charge in [-0.15, -0.1) is 0 Å². The molecule has 16 heavy (non-hydrogen) atoms. The van der Waals surface area contributed by atoms with E-state index in [9.17, 15) is 13.5 Å². The molecule has 1 heterocycles. The van der Waals surface area contributed by atoms with Crippen molar-refractivity contribution in [2.24, 2.45) is 0 Å². The van der Waals surface area contributed by atoms with Gasteiger partial charge in [0.05, 0.1) is 18.1 Å². The predicted molar refractivity (Wildman–Crippen MR) is 64.3 cm³/mol. The number of likely N-dealkylation sites (N-methyl/N-ethyl adjacent to an activating group) is 1. The minimum absolute atomic E-state index is 0.00987. The van der Waals surface area contributed by atoms with Crippen molar-refractivity contribution in [1.29, 1.82) is 0 Å².